The number of carbonyl (C=O) groups excluding carboxylic acids is 1. The van der Waals surface area contributed by atoms with Gasteiger partial charge in [0.1, 0.15) is 5.82 Å². The van der Waals surface area contributed by atoms with E-state index in [1.54, 1.807) is 28.8 Å². The molecule has 0 aliphatic rings. The average molecular weight is 464 g/mol. The highest BCUT2D eigenvalue weighted by molar-refractivity contribution is 7.99. The van der Waals surface area contributed by atoms with Crippen molar-refractivity contribution in [3.05, 3.63) is 66.2 Å². The molecule has 1 aromatic heterocycles. The first-order valence-corrected chi connectivity index (χ1v) is 12.2. The molecule has 0 aliphatic carbocycles. The lowest BCUT2D eigenvalue weighted by Crippen LogP contribution is -2.30. The molecule has 11 heteroatoms. The topological polar surface area (TPSA) is 97.2 Å². The first-order valence-electron chi connectivity index (χ1n) is 9.41. The molecule has 1 amide bonds. The number of halogens is 1. The minimum absolute atomic E-state index is 0.0199. The van der Waals surface area contributed by atoms with E-state index in [4.69, 9.17) is 0 Å². The summed E-state index contributed by atoms with van der Waals surface area (Å²) >= 11 is 1.19. The van der Waals surface area contributed by atoms with E-state index in [0.717, 1.165) is 6.26 Å². The Morgan fingerprint density at radius 2 is 1.81 bits per heavy atom. The summed E-state index contributed by atoms with van der Waals surface area (Å²) in [7, 11) is -3.54. The second kappa shape index (κ2) is 9.92. The predicted molar refractivity (Wildman–Crippen MR) is 119 cm³/mol. The van der Waals surface area contributed by atoms with Crippen LogP contribution in [0.15, 0.2) is 59.8 Å². The molecule has 3 rings (SSSR count). The van der Waals surface area contributed by atoms with Crippen LogP contribution in [-0.4, -0.2) is 41.1 Å². The van der Waals surface area contributed by atoms with E-state index in [-0.39, 0.29) is 24.0 Å². The van der Waals surface area contributed by atoms with Crippen LogP contribution >= 0.6 is 11.8 Å². The molecule has 0 saturated carbocycles. The summed E-state index contributed by atoms with van der Waals surface area (Å²) in [6.45, 7) is 2.42. The number of anilines is 2. The minimum Gasteiger partial charge on any atom is -0.325 e. The lowest BCUT2D eigenvalue weighted by molar-refractivity contribution is -0.113. The third kappa shape index (κ3) is 6.05. The molecule has 1 N–H and O–H groups in total. The summed E-state index contributed by atoms with van der Waals surface area (Å²) in [4.78, 5) is 12.2. The van der Waals surface area contributed by atoms with Crippen LogP contribution in [0.25, 0.3) is 0 Å². The Balaban J connectivity index is 1.71. The van der Waals surface area contributed by atoms with Gasteiger partial charge in [-0.2, -0.15) is 0 Å². The molecule has 31 heavy (non-hydrogen) atoms. The molecule has 0 bridgehead atoms. The van der Waals surface area contributed by atoms with Crippen molar-refractivity contribution in [2.75, 3.05) is 21.6 Å². The highest BCUT2D eigenvalue weighted by Crippen LogP contribution is 2.23. The summed E-state index contributed by atoms with van der Waals surface area (Å²) in [5, 5.41) is 11.5. The summed E-state index contributed by atoms with van der Waals surface area (Å²) in [5.41, 5.74) is 1.03. The standard InChI is InChI=1S/C20H22FN5O3S2/c1-3-25-18(13-26(31(2,28)29)17-7-5-4-6-8-17)23-24-20(25)30-14-19(27)22-16-11-9-15(21)10-12-16/h4-12H,3,13-14H2,1-2H3,(H,22,27). The normalized spacial score (nSPS) is 11.3. The first kappa shape index (κ1) is 22.8. The van der Waals surface area contributed by atoms with E-state index in [1.807, 2.05) is 13.0 Å². The fourth-order valence-electron chi connectivity index (χ4n) is 2.84. The van der Waals surface area contributed by atoms with Gasteiger partial charge in [-0.3, -0.25) is 9.10 Å². The van der Waals surface area contributed by atoms with Crippen molar-refractivity contribution >= 4 is 39.1 Å². The Hall–Kier alpha value is -2.92. The van der Waals surface area contributed by atoms with Crippen LogP contribution < -0.4 is 9.62 Å². The van der Waals surface area contributed by atoms with Crippen molar-refractivity contribution in [3.8, 4) is 0 Å². The molecule has 0 aliphatic heterocycles. The zero-order chi connectivity index (χ0) is 22.4. The highest BCUT2D eigenvalue weighted by Gasteiger charge is 2.22. The highest BCUT2D eigenvalue weighted by atomic mass is 32.2. The Bertz CT molecular complexity index is 1140. The first-order chi connectivity index (χ1) is 14.8. The number of hydrogen-bond acceptors (Lipinski definition) is 6. The second-order valence-corrected chi connectivity index (χ2v) is 9.44. The fraction of sp³-hybridized carbons (Fsp3) is 0.250. The van der Waals surface area contributed by atoms with Gasteiger partial charge < -0.3 is 9.88 Å². The van der Waals surface area contributed by atoms with E-state index < -0.39 is 10.0 Å². The van der Waals surface area contributed by atoms with Crippen LogP contribution in [-0.2, 0) is 27.9 Å². The van der Waals surface area contributed by atoms with Gasteiger partial charge in [-0.1, -0.05) is 30.0 Å². The third-order valence-electron chi connectivity index (χ3n) is 4.30. The van der Waals surface area contributed by atoms with Gasteiger partial charge in [-0.15, -0.1) is 10.2 Å². The number of rotatable bonds is 9. The summed E-state index contributed by atoms with van der Waals surface area (Å²) in [6.07, 6.45) is 1.14. The van der Waals surface area contributed by atoms with Gasteiger partial charge in [-0.25, -0.2) is 12.8 Å². The zero-order valence-corrected chi connectivity index (χ0v) is 18.7. The third-order valence-corrected chi connectivity index (χ3v) is 6.41. The van der Waals surface area contributed by atoms with Crippen LogP contribution in [0.5, 0.6) is 0 Å². The van der Waals surface area contributed by atoms with E-state index in [2.05, 4.69) is 15.5 Å². The zero-order valence-electron chi connectivity index (χ0n) is 17.0. The van der Waals surface area contributed by atoms with Crippen molar-refractivity contribution < 1.29 is 17.6 Å². The molecule has 0 fully saturated rings. The number of para-hydroxylation sites is 1. The fourth-order valence-corrected chi connectivity index (χ4v) is 4.52. The summed E-state index contributed by atoms with van der Waals surface area (Å²) < 4.78 is 40.7. The van der Waals surface area contributed by atoms with Crippen molar-refractivity contribution in [2.24, 2.45) is 0 Å². The molecule has 164 valence electrons. The second-order valence-electron chi connectivity index (χ2n) is 6.59. The molecule has 0 radical (unpaired) electrons. The monoisotopic (exact) mass is 463 g/mol. The number of hydrogen-bond donors (Lipinski definition) is 1. The van der Waals surface area contributed by atoms with Crippen molar-refractivity contribution in [3.63, 3.8) is 0 Å². The van der Waals surface area contributed by atoms with Crippen LogP contribution in [0.3, 0.4) is 0 Å². The van der Waals surface area contributed by atoms with Crippen LogP contribution in [0, 0.1) is 5.82 Å². The Morgan fingerprint density at radius 3 is 2.42 bits per heavy atom. The molecule has 0 spiro atoms. The van der Waals surface area contributed by atoms with Crippen LogP contribution in [0.4, 0.5) is 15.8 Å². The molecule has 0 unspecified atom stereocenters. The van der Waals surface area contributed by atoms with Crippen molar-refractivity contribution in [1.82, 2.24) is 14.8 Å². The quantitative estimate of drug-likeness (QED) is 0.490. The van der Waals surface area contributed by atoms with Crippen LogP contribution in [0.1, 0.15) is 12.7 Å². The molecule has 8 nitrogen and oxygen atoms in total. The summed E-state index contributed by atoms with van der Waals surface area (Å²) in [6, 6.07) is 14.3. The molecule has 1 heterocycles. The number of nitrogens with zero attached hydrogens (tertiary/aromatic N) is 4. The Kier molecular flexibility index (Phi) is 7.29. The van der Waals surface area contributed by atoms with Crippen molar-refractivity contribution in [2.45, 2.75) is 25.2 Å². The number of sulfonamides is 1. The molecule has 0 saturated heterocycles. The van der Waals surface area contributed by atoms with E-state index in [9.17, 15) is 17.6 Å². The summed E-state index contributed by atoms with van der Waals surface area (Å²) in [5.74, 6) is -0.108. The van der Waals surface area contributed by atoms with E-state index >= 15 is 0 Å². The largest absolute Gasteiger partial charge is 0.325 e. The number of amides is 1. The number of carbonyl (C=O) groups is 1. The number of aromatic nitrogens is 3. The number of nitrogens with one attached hydrogen (secondary N) is 1. The van der Waals surface area contributed by atoms with Gasteiger partial charge in [0.05, 0.1) is 24.2 Å². The number of thioether (sulfide) groups is 1. The smallest absolute Gasteiger partial charge is 0.234 e. The van der Waals surface area contributed by atoms with Gasteiger partial charge in [0.2, 0.25) is 15.9 Å². The van der Waals surface area contributed by atoms with E-state index in [1.165, 1.54) is 40.3 Å². The van der Waals surface area contributed by atoms with Gasteiger partial charge in [0.25, 0.3) is 0 Å². The maximum absolute atomic E-state index is 13.0. The SMILES string of the molecule is CCn1c(CN(c2ccccc2)S(C)(=O)=O)nnc1SCC(=O)Nc1ccc(F)cc1. The predicted octanol–water partition coefficient (Wildman–Crippen LogP) is 3.13. The van der Waals surface area contributed by atoms with Crippen molar-refractivity contribution in [1.29, 1.82) is 0 Å². The lowest BCUT2D eigenvalue weighted by Gasteiger charge is -2.22. The van der Waals surface area contributed by atoms with Gasteiger partial charge >= 0.3 is 0 Å². The molecular formula is C20H22FN5O3S2. The molecular weight excluding hydrogens is 441 g/mol. The van der Waals surface area contributed by atoms with Gasteiger partial charge in [-0.05, 0) is 43.3 Å². The molecule has 3 aromatic rings. The maximum Gasteiger partial charge on any atom is 0.234 e. The van der Waals surface area contributed by atoms with Gasteiger partial charge in [0, 0.05) is 12.2 Å². The van der Waals surface area contributed by atoms with Gasteiger partial charge in [0.15, 0.2) is 11.0 Å². The molecule has 0 atom stereocenters. The van der Waals surface area contributed by atoms with Crippen LogP contribution in [0.2, 0.25) is 0 Å². The Morgan fingerprint density at radius 1 is 1.13 bits per heavy atom. The minimum atomic E-state index is -3.54. The molecule has 2 aromatic carbocycles. The maximum atomic E-state index is 13.0. The Labute approximate surface area is 184 Å². The lowest BCUT2D eigenvalue weighted by atomic mass is 10.3. The number of benzene rings is 2. The van der Waals surface area contributed by atoms with E-state index in [0.29, 0.717) is 28.9 Å². The average Bonchev–Trinajstić information content (AvgIpc) is 3.13.